The average Bonchev–Trinajstić information content (AvgIpc) is 2.70. The molecule has 0 radical (unpaired) electrons. The van der Waals surface area contributed by atoms with E-state index in [2.05, 4.69) is 0 Å². The number of halogens is 1. The van der Waals surface area contributed by atoms with Gasteiger partial charge in [-0.2, -0.15) is 0 Å². The number of benzene rings is 1. The predicted molar refractivity (Wildman–Crippen MR) is 67.7 cm³/mol. The fourth-order valence-electron chi connectivity index (χ4n) is 1.88. The molecule has 0 unspecified atom stereocenters. The minimum atomic E-state index is 0. The van der Waals surface area contributed by atoms with Crippen LogP contribution in [0.1, 0.15) is 16.2 Å². The summed E-state index contributed by atoms with van der Waals surface area (Å²) >= 11 is 0. The van der Waals surface area contributed by atoms with Gasteiger partial charge in [0.15, 0.2) is 6.54 Å². The number of hydrogen-bond donors (Lipinski definition) is 0. The van der Waals surface area contributed by atoms with Gasteiger partial charge in [0.2, 0.25) is 5.78 Å². The Hall–Kier alpha value is -1.62. The van der Waals surface area contributed by atoms with Gasteiger partial charge in [0.05, 0.1) is 19.7 Å². The molecule has 4 nitrogen and oxygen atoms in total. The Kier molecular flexibility index (Phi) is 5.30. The van der Waals surface area contributed by atoms with E-state index in [-0.39, 0.29) is 22.8 Å². The maximum absolute atomic E-state index is 12.2. The molecule has 0 saturated heterocycles. The second kappa shape index (κ2) is 6.52. The van der Waals surface area contributed by atoms with Crippen LogP contribution in [-0.2, 0) is 13.6 Å². The quantitative estimate of drug-likeness (QED) is 0.508. The number of carbonyl (C=O) groups is 1. The predicted octanol–water partition coefficient (Wildman–Crippen LogP) is -1.48. The summed E-state index contributed by atoms with van der Waals surface area (Å²) in [6, 6.07) is 7.30. The zero-order chi connectivity index (χ0) is 13.1. The summed E-state index contributed by atoms with van der Waals surface area (Å²) in [6.07, 6.45) is 3.84. The summed E-state index contributed by atoms with van der Waals surface area (Å²) in [5.41, 5.74) is 0.621. The first-order valence-corrected chi connectivity index (χ1v) is 5.81. The number of para-hydroxylation sites is 1. The van der Waals surface area contributed by atoms with Crippen molar-refractivity contribution in [1.29, 1.82) is 0 Å². The van der Waals surface area contributed by atoms with E-state index in [1.165, 1.54) is 0 Å². The third-order valence-electron chi connectivity index (χ3n) is 3.12. The van der Waals surface area contributed by atoms with Crippen LogP contribution in [-0.4, -0.2) is 17.5 Å². The van der Waals surface area contributed by atoms with Crippen LogP contribution in [0.3, 0.4) is 0 Å². The van der Waals surface area contributed by atoms with Crippen molar-refractivity contribution in [1.82, 2.24) is 4.57 Å². The molecule has 2 rings (SSSR count). The molecule has 1 heterocycles. The largest absolute Gasteiger partial charge is 1.00 e. The van der Waals surface area contributed by atoms with Crippen LogP contribution in [0.25, 0.3) is 0 Å². The minimum absolute atomic E-state index is 0. The van der Waals surface area contributed by atoms with Crippen LogP contribution in [0.4, 0.5) is 0 Å². The van der Waals surface area contributed by atoms with Gasteiger partial charge in [0.25, 0.3) is 5.82 Å². The second-order valence-corrected chi connectivity index (χ2v) is 4.21. The molecule has 0 aliphatic heterocycles. The average molecular weight is 325 g/mol. The molecule has 0 atom stereocenters. The van der Waals surface area contributed by atoms with E-state index in [0.29, 0.717) is 17.9 Å². The third kappa shape index (κ3) is 3.23. The molecular weight excluding hydrogens is 308 g/mol. The Balaban J connectivity index is 0.00000180. The number of imidazole rings is 1. The summed E-state index contributed by atoms with van der Waals surface area (Å²) in [7, 11) is 3.53. The zero-order valence-electron chi connectivity index (χ0n) is 11.3. The molecule has 0 amide bonds. The molecule has 0 N–H and O–H groups in total. The van der Waals surface area contributed by atoms with E-state index in [0.717, 1.165) is 5.82 Å². The summed E-state index contributed by atoms with van der Waals surface area (Å²) in [4.78, 5) is 12.2. The molecule has 0 aliphatic rings. The van der Waals surface area contributed by atoms with Gasteiger partial charge >= 0.3 is 0 Å². The lowest BCUT2D eigenvalue weighted by molar-refractivity contribution is -0.677. The second-order valence-electron chi connectivity index (χ2n) is 4.21. The fraction of sp³-hybridized carbons (Fsp3) is 0.286. The van der Waals surface area contributed by atoms with E-state index in [1.807, 2.05) is 47.6 Å². The van der Waals surface area contributed by atoms with Crippen LogP contribution in [0.5, 0.6) is 5.75 Å². The van der Waals surface area contributed by atoms with Crippen LogP contribution < -0.4 is 26.3 Å². The van der Waals surface area contributed by atoms with Gasteiger partial charge < -0.3 is 21.7 Å². The van der Waals surface area contributed by atoms with E-state index >= 15 is 0 Å². The molecule has 102 valence electrons. The van der Waals surface area contributed by atoms with Crippen LogP contribution in [0.15, 0.2) is 36.7 Å². The number of hydrogen-bond acceptors (Lipinski definition) is 2. The first kappa shape index (κ1) is 15.4. The Morgan fingerprint density at radius 2 is 2.05 bits per heavy atom. The van der Waals surface area contributed by atoms with Crippen molar-refractivity contribution in [3.63, 3.8) is 0 Å². The van der Waals surface area contributed by atoms with Gasteiger partial charge in [-0.25, -0.2) is 9.13 Å². The molecule has 19 heavy (non-hydrogen) atoms. The van der Waals surface area contributed by atoms with Gasteiger partial charge in [-0.1, -0.05) is 12.1 Å². The highest BCUT2D eigenvalue weighted by Crippen LogP contribution is 2.18. The smallest absolute Gasteiger partial charge is 0.253 e. The van der Waals surface area contributed by atoms with Gasteiger partial charge in [-0.05, 0) is 12.1 Å². The zero-order valence-corrected chi connectivity index (χ0v) is 12.8. The van der Waals surface area contributed by atoms with Crippen molar-refractivity contribution < 1.29 is 31.1 Å². The molecule has 0 fully saturated rings. The van der Waals surface area contributed by atoms with Gasteiger partial charge in [-0.3, -0.25) is 4.79 Å². The highest BCUT2D eigenvalue weighted by molar-refractivity contribution is 5.98. The fourth-order valence-corrected chi connectivity index (χ4v) is 1.88. The Morgan fingerprint density at radius 1 is 1.37 bits per heavy atom. The standard InChI is InChI=1S/C14H17N2O2.BrH/c1-11-15(2)8-9-16(11)10-13(17)12-6-4-5-7-14(12)18-3;/h4-9H,10H2,1-3H3;1H/q+1;/p-1. The Labute approximate surface area is 123 Å². The highest BCUT2D eigenvalue weighted by Gasteiger charge is 2.17. The number of ether oxygens (including phenoxy) is 1. The SMILES string of the molecule is COc1ccccc1C(=O)Cn1cc[n+](C)c1C.[Br-]. The van der Waals surface area contributed by atoms with Crippen molar-refractivity contribution in [3.8, 4) is 5.75 Å². The molecule has 0 spiro atoms. The van der Waals surface area contributed by atoms with Crippen LogP contribution >= 0.6 is 0 Å². The lowest BCUT2D eigenvalue weighted by Gasteiger charge is -2.06. The van der Waals surface area contributed by atoms with Crippen LogP contribution in [0, 0.1) is 6.92 Å². The molecular formula is C14H17BrN2O2. The van der Waals surface area contributed by atoms with Crippen molar-refractivity contribution in [2.45, 2.75) is 13.5 Å². The number of aromatic nitrogens is 2. The van der Waals surface area contributed by atoms with E-state index in [1.54, 1.807) is 19.2 Å². The van der Waals surface area contributed by atoms with Gasteiger partial charge in [-0.15, -0.1) is 0 Å². The number of Topliss-reactive ketones (excluding diaryl/α,β-unsaturated/α-hetero) is 1. The molecule has 1 aromatic carbocycles. The van der Waals surface area contributed by atoms with Crippen molar-refractivity contribution in [2.75, 3.05) is 7.11 Å². The van der Waals surface area contributed by atoms with Gasteiger partial charge in [0, 0.05) is 6.92 Å². The number of ketones is 1. The minimum Gasteiger partial charge on any atom is -1.00 e. The first-order valence-electron chi connectivity index (χ1n) is 5.81. The van der Waals surface area contributed by atoms with Crippen molar-refractivity contribution >= 4 is 5.78 Å². The number of methoxy groups -OCH3 is 1. The third-order valence-corrected chi connectivity index (χ3v) is 3.12. The number of rotatable bonds is 4. The summed E-state index contributed by atoms with van der Waals surface area (Å²) in [5, 5.41) is 0. The lowest BCUT2D eigenvalue weighted by atomic mass is 10.1. The van der Waals surface area contributed by atoms with E-state index in [4.69, 9.17) is 4.74 Å². The van der Waals surface area contributed by atoms with E-state index < -0.39 is 0 Å². The molecule has 1 aromatic heterocycles. The van der Waals surface area contributed by atoms with Crippen molar-refractivity contribution in [2.24, 2.45) is 7.05 Å². The normalized spacial score (nSPS) is 9.84. The maximum Gasteiger partial charge on any atom is 0.253 e. The molecule has 5 heteroatoms. The summed E-state index contributed by atoms with van der Waals surface area (Å²) in [6.45, 7) is 2.31. The topological polar surface area (TPSA) is 35.1 Å². The monoisotopic (exact) mass is 324 g/mol. The highest BCUT2D eigenvalue weighted by atomic mass is 79.9. The molecule has 2 aromatic rings. The number of carbonyl (C=O) groups excluding carboxylic acids is 1. The summed E-state index contributed by atoms with van der Waals surface area (Å²) in [5.74, 6) is 1.71. The van der Waals surface area contributed by atoms with E-state index in [9.17, 15) is 4.79 Å². The molecule has 0 aliphatic carbocycles. The maximum atomic E-state index is 12.2. The Morgan fingerprint density at radius 3 is 2.63 bits per heavy atom. The van der Waals surface area contributed by atoms with Gasteiger partial charge in [0.1, 0.15) is 18.1 Å². The molecule has 0 saturated carbocycles. The number of nitrogens with zero attached hydrogens (tertiary/aromatic N) is 2. The number of aryl methyl sites for hydroxylation is 1. The Bertz CT molecular complexity index is 579. The van der Waals surface area contributed by atoms with Crippen molar-refractivity contribution in [3.05, 3.63) is 48.0 Å². The first-order chi connectivity index (χ1) is 8.63. The molecule has 0 bridgehead atoms. The lowest BCUT2D eigenvalue weighted by Crippen LogP contribution is -3.00. The van der Waals surface area contributed by atoms with Crippen LogP contribution in [0.2, 0.25) is 0 Å². The summed E-state index contributed by atoms with van der Waals surface area (Å²) < 4.78 is 9.11.